The molecule has 1 aromatic heterocycles. The number of aliphatic hydroxyl groups excluding tert-OH is 1. The van der Waals surface area contributed by atoms with Crippen LogP contribution in [0.25, 0.3) is 11.3 Å². The molecule has 0 unspecified atom stereocenters. The van der Waals surface area contributed by atoms with Crippen molar-refractivity contribution in [3.8, 4) is 17.0 Å². The molecule has 0 bridgehead atoms. The first-order chi connectivity index (χ1) is 10.6. The van der Waals surface area contributed by atoms with Gasteiger partial charge < -0.3 is 14.9 Å². The fourth-order valence-corrected chi connectivity index (χ4v) is 2.33. The zero-order valence-electron chi connectivity index (χ0n) is 11.5. The van der Waals surface area contributed by atoms with Crippen LogP contribution in [0.5, 0.6) is 5.75 Å². The summed E-state index contributed by atoms with van der Waals surface area (Å²) >= 11 is 6.20. The fourth-order valence-electron chi connectivity index (χ4n) is 2.10. The first kappa shape index (κ1) is 14.7. The lowest BCUT2D eigenvalue weighted by Gasteiger charge is -2.11. The lowest BCUT2D eigenvalue weighted by Crippen LogP contribution is -2.09. The van der Waals surface area contributed by atoms with E-state index in [0.717, 1.165) is 19.2 Å². The minimum Gasteiger partial charge on any atom is -0.489 e. The highest BCUT2D eigenvalue weighted by Gasteiger charge is 2.25. The quantitative estimate of drug-likeness (QED) is 0.879. The molecule has 2 aromatic rings. The van der Waals surface area contributed by atoms with E-state index < -0.39 is 12.6 Å². The van der Waals surface area contributed by atoms with E-state index in [0.29, 0.717) is 22.0 Å². The smallest absolute Gasteiger partial charge is 0.355 e. The lowest BCUT2D eigenvalue weighted by molar-refractivity contribution is 0.0686. The summed E-state index contributed by atoms with van der Waals surface area (Å²) in [6.45, 7) is -0.476. The molecule has 0 aliphatic heterocycles. The predicted molar refractivity (Wildman–Crippen MR) is 79.0 cm³/mol. The third kappa shape index (κ3) is 2.88. The van der Waals surface area contributed by atoms with Crippen molar-refractivity contribution in [1.82, 2.24) is 9.97 Å². The van der Waals surface area contributed by atoms with Gasteiger partial charge in [0.05, 0.1) is 23.4 Å². The Morgan fingerprint density at radius 3 is 2.73 bits per heavy atom. The monoisotopic (exact) mass is 320 g/mol. The molecular formula is C15H13ClN2O4. The summed E-state index contributed by atoms with van der Waals surface area (Å²) in [5, 5.41) is 19.0. The lowest BCUT2D eigenvalue weighted by atomic mass is 10.0. The number of carboxylic acids is 1. The highest BCUT2D eigenvalue weighted by Crippen LogP contribution is 2.35. The van der Waals surface area contributed by atoms with E-state index in [1.807, 2.05) is 0 Å². The number of aromatic nitrogens is 2. The molecule has 0 saturated heterocycles. The number of aliphatic hydroxyl groups is 1. The maximum absolute atomic E-state index is 11.2. The van der Waals surface area contributed by atoms with Gasteiger partial charge in [-0.25, -0.2) is 14.8 Å². The average molecular weight is 321 g/mol. The Hall–Kier alpha value is -2.18. The maximum atomic E-state index is 11.2. The zero-order chi connectivity index (χ0) is 15.7. The second-order valence-electron chi connectivity index (χ2n) is 4.98. The van der Waals surface area contributed by atoms with Crippen LogP contribution in [0.2, 0.25) is 5.02 Å². The van der Waals surface area contributed by atoms with Crippen LogP contribution in [-0.2, 0) is 6.61 Å². The summed E-state index contributed by atoms with van der Waals surface area (Å²) in [6.07, 6.45) is 3.44. The molecule has 2 N–H and O–H groups in total. The second-order valence-corrected chi connectivity index (χ2v) is 5.38. The largest absolute Gasteiger partial charge is 0.489 e. The van der Waals surface area contributed by atoms with Crippen LogP contribution in [-0.4, -0.2) is 32.3 Å². The van der Waals surface area contributed by atoms with Crippen LogP contribution in [0.1, 0.15) is 28.9 Å². The van der Waals surface area contributed by atoms with Gasteiger partial charge in [-0.3, -0.25) is 0 Å². The molecule has 1 aromatic carbocycles. The van der Waals surface area contributed by atoms with Crippen molar-refractivity contribution in [3.63, 3.8) is 0 Å². The molecule has 1 fully saturated rings. The summed E-state index contributed by atoms with van der Waals surface area (Å²) in [7, 11) is 0. The van der Waals surface area contributed by atoms with Gasteiger partial charge in [0.2, 0.25) is 0 Å². The first-order valence-electron chi connectivity index (χ1n) is 6.74. The topological polar surface area (TPSA) is 92.5 Å². The van der Waals surface area contributed by atoms with E-state index in [2.05, 4.69) is 9.97 Å². The zero-order valence-corrected chi connectivity index (χ0v) is 12.2. The summed E-state index contributed by atoms with van der Waals surface area (Å²) in [5.41, 5.74) is 0.876. The number of nitrogens with zero attached hydrogens (tertiary/aromatic N) is 2. The SMILES string of the molecule is O=C(O)c1ncnc(-c2ccc(OC3CC3)c(Cl)c2)c1CO. The normalized spacial score (nSPS) is 13.9. The molecule has 7 heteroatoms. The Labute approximate surface area is 131 Å². The Morgan fingerprint density at radius 2 is 2.14 bits per heavy atom. The summed E-state index contributed by atoms with van der Waals surface area (Å²) in [4.78, 5) is 18.9. The number of rotatable bonds is 5. The maximum Gasteiger partial charge on any atom is 0.355 e. The first-order valence-corrected chi connectivity index (χ1v) is 7.12. The van der Waals surface area contributed by atoms with Gasteiger partial charge in [-0.2, -0.15) is 0 Å². The van der Waals surface area contributed by atoms with E-state index in [9.17, 15) is 9.90 Å². The second kappa shape index (κ2) is 5.90. The van der Waals surface area contributed by atoms with Gasteiger partial charge in [-0.1, -0.05) is 11.6 Å². The van der Waals surface area contributed by atoms with Crippen molar-refractivity contribution < 1.29 is 19.7 Å². The Morgan fingerprint density at radius 1 is 1.36 bits per heavy atom. The van der Waals surface area contributed by atoms with E-state index in [-0.39, 0.29) is 17.4 Å². The standard InChI is InChI=1S/C15H13ClN2O4/c16-11-5-8(1-4-12(11)22-9-2-3-9)13-10(6-19)14(15(20)21)18-7-17-13/h1,4-5,7,9,19H,2-3,6H2,(H,20,21). The molecule has 0 spiro atoms. The van der Waals surface area contributed by atoms with E-state index in [4.69, 9.17) is 21.4 Å². The molecule has 1 heterocycles. The van der Waals surface area contributed by atoms with Crippen LogP contribution in [0.4, 0.5) is 0 Å². The average Bonchev–Trinajstić information content (AvgIpc) is 3.32. The summed E-state index contributed by atoms with van der Waals surface area (Å²) in [6, 6.07) is 5.10. The highest BCUT2D eigenvalue weighted by molar-refractivity contribution is 6.32. The van der Waals surface area contributed by atoms with Crippen LogP contribution in [0.3, 0.4) is 0 Å². The number of aromatic carboxylic acids is 1. The number of ether oxygens (including phenoxy) is 1. The van der Waals surface area contributed by atoms with Gasteiger partial charge in [0.25, 0.3) is 0 Å². The van der Waals surface area contributed by atoms with Crippen LogP contribution in [0, 0.1) is 0 Å². The molecule has 114 valence electrons. The van der Waals surface area contributed by atoms with Gasteiger partial charge in [0.1, 0.15) is 12.1 Å². The van der Waals surface area contributed by atoms with Crippen LogP contribution < -0.4 is 4.74 Å². The van der Waals surface area contributed by atoms with Gasteiger partial charge in [-0.15, -0.1) is 0 Å². The number of hydrogen-bond acceptors (Lipinski definition) is 5. The number of halogens is 1. The van der Waals surface area contributed by atoms with Crippen molar-refractivity contribution in [1.29, 1.82) is 0 Å². The Kier molecular flexibility index (Phi) is 3.96. The molecule has 22 heavy (non-hydrogen) atoms. The van der Waals surface area contributed by atoms with Gasteiger partial charge >= 0.3 is 5.97 Å². The number of benzene rings is 1. The Bertz CT molecular complexity index is 731. The minimum atomic E-state index is -1.22. The van der Waals surface area contributed by atoms with Crippen molar-refractivity contribution in [3.05, 3.63) is 40.8 Å². The summed E-state index contributed by atoms with van der Waals surface area (Å²) < 4.78 is 5.66. The van der Waals surface area contributed by atoms with E-state index >= 15 is 0 Å². The Balaban J connectivity index is 2.01. The molecule has 0 amide bonds. The number of carboxylic acid groups (broad SMARTS) is 1. The predicted octanol–water partition coefficient (Wildman–Crippen LogP) is 2.53. The fraction of sp³-hybridized carbons (Fsp3) is 0.267. The van der Waals surface area contributed by atoms with Crippen LogP contribution in [0.15, 0.2) is 24.5 Å². The molecule has 1 saturated carbocycles. The van der Waals surface area contributed by atoms with Crippen molar-refractivity contribution in [2.24, 2.45) is 0 Å². The highest BCUT2D eigenvalue weighted by atomic mass is 35.5. The summed E-state index contributed by atoms with van der Waals surface area (Å²) in [5.74, 6) is -0.626. The van der Waals surface area contributed by atoms with Gasteiger partial charge in [0.15, 0.2) is 5.69 Å². The molecular weight excluding hydrogens is 308 g/mol. The third-order valence-corrected chi connectivity index (χ3v) is 3.62. The third-order valence-electron chi connectivity index (χ3n) is 3.33. The molecule has 0 atom stereocenters. The molecule has 6 nitrogen and oxygen atoms in total. The molecule has 0 radical (unpaired) electrons. The van der Waals surface area contributed by atoms with Crippen molar-refractivity contribution >= 4 is 17.6 Å². The molecule has 1 aliphatic carbocycles. The number of hydrogen-bond donors (Lipinski definition) is 2. The van der Waals surface area contributed by atoms with Crippen molar-refractivity contribution in [2.45, 2.75) is 25.6 Å². The molecule has 1 aliphatic rings. The van der Waals surface area contributed by atoms with Gasteiger partial charge in [0, 0.05) is 11.1 Å². The van der Waals surface area contributed by atoms with Crippen LogP contribution >= 0.6 is 11.6 Å². The van der Waals surface area contributed by atoms with Crippen molar-refractivity contribution in [2.75, 3.05) is 0 Å². The van der Waals surface area contributed by atoms with E-state index in [1.165, 1.54) is 0 Å². The minimum absolute atomic E-state index is 0.155. The van der Waals surface area contributed by atoms with E-state index in [1.54, 1.807) is 18.2 Å². The number of carbonyl (C=O) groups is 1. The molecule has 3 rings (SSSR count). The van der Waals surface area contributed by atoms with Gasteiger partial charge in [-0.05, 0) is 31.0 Å².